The van der Waals surface area contributed by atoms with Gasteiger partial charge < -0.3 is 10.1 Å². The maximum atomic E-state index is 12.8. The summed E-state index contributed by atoms with van der Waals surface area (Å²) in [5.41, 5.74) is 0.388. The molecule has 3 aromatic carbocycles. The summed E-state index contributed by atoms with van der Waals surface area (Å²) in [6.45, 7) is -0.876. The summed E-state index contributed by atoms with van der Waals surface area (Å²) in [5.74, 6) is -1.07. The third kappa shape index (κ3) is 6.16. The molecule has 8 heteroatoms. The van der Waals surface area contributed by atoms with Gasteiger partial charge in [-0.15, -0.1) is 0 Å². The van der Waals surface area contributed by atoms with Crippen LogP contribution in [0, 0.1) is 0 Å². The molecule has 0 aliphatic heterocycles. The number of alkyl halides is 3. The topological polar surface area (TPSA) is 58.6 Å². The molecule has 0 unspecified atom stereocenters. The Kier molecular flexibility index (Phi) is 7.04. The lowest BCUT2D eigenvalue weighted by atomic mass is 10.2. The molecule has 31 heavy (non-hydrogen) atoms. The molecule has 0 aromatic heterocycles. The first-order valence-corrected chi connectivity index (χ1v) is 9.32. The second kappa shape index (κ2) is 9.90. The van der Waals surface area contributed by atoms with Crippen molar-refractivity contribution in [1.82, 2.24) is 0 Å². The fourth-order valence-electron chi connectivity index (χ4n) is 2.86. The molecule has 3 aromatic rings. The van der Waals surface area contributed by atoms with Crippen molar-refractivity contribution >= 4 is 28.9 Å². The third-order valence-electron chi connectivity index (χ3n) is 4.21. The smallest absolute Gasteiger partial charge is 0.362 e. The normalized spacial score (nSPS) is 11.1. The van der Waals surface area contributed by atoms with Gasteiger partial charge in [0.15, 0.2) is 0 Å². The molecule has 160 valence electrons. The van der Waals surface area contributed by atoms with Crippen molar-refractivity contribution in [3.05, 3.63) is 90.5 Å². The predicted molar refractivity (Wildman–Crippen MR) is 111 cm³/mol. The van der Waals surface area contributed by atoms with E-state index in [0.29, 0.717) is 11.4 Å². The van der Waals surface area contributed by atoms with Crippen LogP contribution in [0.1, 0.15) is 5.56 Å². The van der Waals surface area contributed by atoms with Crippen LogP contribution in [0.15, 0.2) is 84.9 Å². The van der Waals surface area contributed by atoms with Gasteiger partial charge >= 0.3 is 6.18 Å². The molecular weight excluding hydrogens is 409 g/mol. The van der Waals surface area contributed by atoms with Gasteiger partial charge in [-0.05, 0) is 42.5 Å². The highest BCUT2D eigenvalue weighted by Crippen LogP contribution is 2.30. The maximum Gasteiger partial charge on any atom is 0.416 e. The van der Waals surface area contributed by atoms with Gasteiger partial charge in [0.2, 0.25) is 5.91 Å². The highest BCUT2D eigenvalue weighted by molar-refractivity contribution is 6.01. The number of para-hydroxylation sites is 2. The third-order valence-corrected chi connectivity index (χ3v) is 4.21. The minimum absolute atomic E-state index is 0.00931. The fourth-order valence-corrected chi connectivity index (χ4v) is 2.86. The summed E-state index contributed by atoms with van der Waals surface area (Å²) in [6.07, 6.45) is -4.51. The Labute approximate surface area is 177 Å². The first-order valence-electron chi connectivity index (χ1n) is 9.32. The Morgan fingerprint density at radius 1 is 0.806 bits per heavy atom. The van der Waals surface area contributed by atoms with E-state index in [1.807, 2.05) is 12.1 Å². The number of amides is 2. The molecule has 2 amide bonds. The van der Waals surface area contributed by atoms with E-state index >= 15 is 0 Å². The summed E-state index contributed by atoms with van der Waals surface area (Å²) < 4.78 is 43.5. The standard InChI is InChI=1S/C23H19F3N2O3/c24-23(25,26)17-8-7-9-18(14-17)27-21(29)15-31-16-22(30)28(19-10-3-1-4-11-19)20-12-5-2-6-13-20/h1-14H,15-16H2,(H,27,29). The second-order valence-corrected chi connectivity index (χ2v) is 6.52. The Morgan fingerprint density at radius 2 is 1.39 bits per heavy atom. The van der Waals surface area contributed by atoms with E-state index in [9.17, 15) is 22.8 Å². The number of carbonyl (C=O) groups excluding carboxylic acids is 2. The van der Waals surface area contributed by atoms with Crippen molar-refractivity contribution in [2.45, 2.75) is 6.18 Å². The van der Waals surface area contributed by atoms with Gasteiger partial charge in [0.25, 0.3) is 5.91 Å². The summed E-state index contributed by atoms with van der Waals surface area (Å²) in [4.78, 5) is 26.3. The quantitative estimate of drug-likeness (QED) is 0.575. The number of ether oxygens (including phenoxy) is 1. The molecule has 0 fully saturated rings. The summed E-state index contributed by atoms with van der Waals surface area (Å²) >= 11 is 0. The van der Waals surface area contributed by atoms with Crippen molar-refractivity contribution in [3.63, 3.8) is 0 Å². The zero-order valence-corrected chi connectivity index (χ0v) is 16.3. The first kappa shape index (κ1) is 22.0. The van der Waals surface area contributed by atoms with Crippen LogP contribution >= 0.6 is 0 Å². The van der Waals surface area contributed by atoms with Crippen molar-refractivity contribution in [3.8, 4) is 0 Å². The Bertz CT molecular complexity index is 985. The minimum atomic E-state index is -4.51. The zero-order valence-electron chi connectivity index (χ0n) is 16.3. The predicted octanol–water partition coefficient (Wildman–Crippen LogP) is 5.03. The monoisotopic (exact) mass is 428 g/mol. The number of anilines is 3. The number of benzene rings is 3. The van der Waals surface area contributed by atoms with Gasteiger partial charge in [0.1, 0.15) is 13.2 Å². The van der Waals surface area contributed by atoms with E-state index in [1.165, 1.54) is 17.0 Å². The number of halogens is 3. The van der Waals surface area contributed by atoms with Crippen LogP contribution in [0.2, 0.25) is 0 Å². The largest absolute Gasteiger partial charge is 0.416 e. The highest BCUT2D eigenvalue weighted by Gasteiger charge is 2.30. The molecule has 0 saturated carbocycles. The SMILES string of the molecule is O=C(COCC(=O)N(c1ccccc1)c1ccccc1)Nc1cccc(C(F)(F)F)c1. The van der Waals surface area contributed by atoms with E-state index in [4.69, 9.17) is 4.74 Å². The van der Waals surface area contributed by atoms with Gasteiger partial charge in [-0.3, -0.25) is 14.5 Å². The second-order valence-electron chi connectivity index (χ2n) is 6.52. The summed E-state index contributed by atoms with van der Waals surface area (Å²) in [5, 5.41) is 2.33. The Morgan fingerprint density at radius 3 is 1.94 bits per heavy atom. The fraction of sp³-hybridized carbons (Fsp3) is 0.130. The van der Waals surface area contributed by atoms with E-state index in [-0.39, 0.29) is 12.3 Å². The van der Waals surface area contributed by atoms with Crippen LogP contribution in [0.4, 0.5) is 30.2 Å². The molecule has 0 aliphatic carbocycles. The summed E-state index contributed by atoms with van der Waals surface area (Å²) in [7, 11) is 0. The van der Waals surface area contributed by atoms with Gasteiger partial charge in [-0.2, -0.15) is 13.2 Å². The molecule has 3 rings (SSSR count). The van der Waals surface area contributed by atoms with E-state index in [1.54, 1.807) is 48.5 Å². The summed E-state index contributed by atoms with van der Waals surface area (Å²) in [6, 6.07) is 22.2. The van der Waals surface area contributed by atoms with E-state index in [2.05, 4.69) is 5.32 Å². The molecule has 0 radical (unpaired) electrons. The molecule has 0 saturated heterocycles. The number of carbonyl (C=O) groups is 2. The van der Waals surface area contributed by atoms with Crippen molar-refractivity contribution in [1.29, 1.82) is 0 Å². The molecule has 0 atom stereocenters. The number of nitrogens with zero attached hydrogens (tertiary/aromatic N) is 1. The zero-order chi connectivity index (χ0) is 22.3. The van der Waals surface area contributed by atoms with Crippen LogP contribution in [0.3, 0.4) is 0 Å². The lowest BCUT2D eigenvalue weighted by Gasteiger charge is -2.23. The van der Waals surface area contributed by atoms with Crippen molar-refractivity contribution < 1.29 is 27.5 Å². The van der Waals surface area contributed by atoms with Gasteiger partial charge in [-0.1, -0.05) is 42.5 Å². The minimum Gasteiger partial charge on any atom is -0.362 e. The average molecular weight is 428 g/mol. The first-order chi connectivity index (χ1) is 14.8. The average Bonchev–Trinajstić information content (AvgIpc) is 2.75. The molecular formula is C23H19F3N2O3. The number of nitrogens with one attached hydrogen (secondary N) is 1. The molecule has 5 nitrogen and oxygen atoms in total. The van der Waals surface area contributed by atoms with Gasteiger partial charge in [0.05, 0.1) is 5.56 Å². The number of hydrogen-bond donors (Lipinski definition) is 1. The molecule has 0 bridgehead atoms. The lowest BCUT2D eigenvalue weighted by molar-refractivity contribution is -0.137. The van der Waals surface area contributed by atoms with Crippen LogP contribution in [0.5, 0.6) is 0 Å². The number of hydrogen-bond acceptors (Lipinski definition) is 3. The molecule has 0 aliphatic rings. The van der Waals surface area contributed by atoms with Crippen LogP contribution in [0.25, 0.3) is 0 Å². The Hall–Kier alpha value is -3.65. The van der Waals surface area contributed by atoms with E-state index < -0.39 is 30.2 Å². The van der Waals surface area contributed by atoms with Crippen LogP contribution < -0.4 is 10.2 Å². The lowest BCUT2D eigenvalue weighted by Crippen LogP contribution is -2.31. The van der Waals surface area contributed by atoms with Crippen molar-refractivity contribution in [2.24, 2.45) is 0 Å². The van der Waals surface area contributed by atoms with E-state index in [0.717, 1.165) is 12.1 Å². The Balaban J connectivity index is 1.60. The number of rotatable bonds is 7. The molecule has 0 heterocycles. The van der Waals surface area contributed by atoms with Gasteiger partial charge in [-0.25, -0.2) is 0 Å². The highest BCUT2D eigenvalue weighted by atomic mass is 19.4. The van der Waals surface area contributed by atoms with Crippen molar-refractivity contribution in [2.75, 3.05) is 23.4 Å². The molecule has 0 spiro atoms. The van der Waals surface area contributed by atoms with Crippen LogP contribution in [-0.2, 0) is 20.5 Å². The van der Waals surface area contributed by atoms with Gasteiger partial charge in [0, 0.05) is 17.1 Å². The van der Waals surface area contributed by atoms with Crippen LogP contribution in [-0.4, -0.2) is 25.0 Å². The maximum absolute atomic E-state index is 12.8. The molecule has 1 N–H and O–H groups in total.